The van der Waals surface area contributed by atoms with Gasteiger partial charge in [-0.25, -0.2) is 37.0 Å². The number of H-pyrrole nitrogens is 1. The van der Waals surface area contributed by atoms with E-state index in [0.29, 0.717) is 41.5 Å². The van der Waals surface area contributed by atoms with Crippen LogP contribution in [0.4, 0.5) is 11.4 Å². The van der Waals surface area contributed by atoms with Crippen LogP contribution in [0.1, 0.15) is 39.5 Å². The van der Waals surface area contributed by atoms with Crippen molar-refractivity contribution in [1.82, 2.24) is 20.4 Å². The first-order valence-corrected chi connectivity index (χ1v) is 20.1. The van der Waals surface area contributed by atoms with E-state index in [-0.39, 0.29) is 38.6 Å². The largest absolute Gasteiger partial charge is 0.454 e. The average Bonchev–Trinajstić information content (AvgIpc) is 3.86. The van der Waals surface area contributed by atoms with Gasteiger partial charge in [-0.2, -0.15) is 0 Å². The van der Waals surface area contributed by atoms with Crippen molar-refractivity contribution in [3.05, 3.63) is 102 Å². The van der Waals surface area contributed by atoms with Gasteiger partial charge in [-0.05, 0) is 61.4 Å². The molecule has 2 aromatic heterocycles. The van der Waals surface area contributed by atoms with Gasteiger partial charge in [-0.3, -0.25) is 0 Å². The summed E-state index contributed by atoms with van der Waals surface area (Å²) in [6.07, 6.45) is 4.85. The van der Waals surface area contributed by atoms with Gasteiger partial charge in [-0.1, -0.05) is 63.1 Å². The Morgan fingerprint density at radius 3 is 1.56 bits per heavy atom. The number of anilines is 2. The molecule has 0 aliphatic rings. The maximum absolute atomic E-state index is 12.3. The Morgan fingerprint density at radius 1 is 0.709 bits per heavy atom. The van der Waals surface area contributed by atoms with Crippen molar-refractivity contribution in [2.45, 2.75) is 49.3 Å². The van der Waals surface area contributed by atoms with E-state index < -0.39 is 25.8 Å². The molecule has 0 saturated carbocycles. The number of primary sulfonamides is 2. The topological polar surface area (TPSA) is 261 Å². The summed E-state index contributed by atoms with van der Waals surface area (Å²) in [6, 6.07) is 23.6. The fraction of sp³-hybridized carbons (Fsp3) is 0.222. The van der Waals surface area contributed by atoms with Gasteiger partial charge >= 0.3 is 5.76 Å². The van der Waals surface area contributed by atoms with Gasteiger partial charge in [0.25, 0.3) is 0 Å². The summed E-state index contributed by atoms with van der Waals surface area (Å²) in [5.74, 6) is 0.507. The predicted molar refractivity (Wildman–Crippen MR) is 205 cm³/mol. The molecule has 0 aliphatic heterocycles. The van der Waals surface area contributed by atoms with Crippen LogP contribution < -0.4 is 36.1 Å². The molecule has 6 rings (SSSR count). The summed E-state index contributed by atoms with van der Waals surface area (Å²) in [6.45, 7) is 5.32. The second-order valence-corrected chi connectivity index (χ2v) is 14.9. The number of nitrogens with one attached hydrogen (secondary N) is 3. The van der Waals surface area contributed by atoms with Crippen molar-refractivity contribution >= 4 is 31.4 Å². The minimum Gasteiger partial charge on any atom is -0.454 e. The zero-order chi connectivity index (χ0) is 39.4. The Morgan fingerprint density at radius 2 is 1.18 bits per heavy atom. The van der Waals surface area contributed by atoms with Crippen molar-refractivity contribution in [2.24, 2.45) is 10.3 Å². The van der Waals surface area contributed by atoms with Crippen molar-refractivity contribution in [3.63, 3.8) is 0 Å². The Kier molecular flexibility index (Phi) is 13.4. The first-order chi connectivity index (χ1) is 26.4. The highest BCUT2D eigenvalue weighted by Gasteiger charge is 2.25. The number of sulfonamides is 2. The van der Waals surface area contributed by atoms with E-state index in [2.05, 4.69) is 38.0 Å². The van der Waals surface area contributed by atoms with Crippen LogP contribution >= 0.6 is 0 Å². The van der Waals surface area contributed by atoms with Crippen LogP contribution in [0.15, 0.2) is 115 Å². The number of nitrogens with two attached hydrogens (primary N) is 2. The van der Waals surface area contributed by atoms with Crippen molar-refractivity contribution < 1.29 is 35.1 Å². The standard InChI is InChI=1S/C18H20N4O5S.C18H20N4O4S/c1-2-3-9-20-14-10-12(17-21-22-18(23)27-17)11-15(28(19,24)25)16(14)26-13-7-5-4-6-8-13;1-2-3-9-20-15-10-13(18-22-21-12-25-18)11-16(27(19,23)24)17(15)26-14-7-5-4-6-8-14/h4-8,10-11,20H,2-3,9H2,1H3,(H,22,23)(H2,19,24,25);4-8,10-12,20H,2-3,9H2,1H3,(H2,19,23,24). The molecule has 0 saturated heterocycles. The molecule has 0 fully saturated rings. The minimum absolute atomic E-state index is 0.0558. The van der Waals surface area contributed by atoms with E-state index in [1.54, 1.807) is 60.7 Å². The van der Waals surface area contributed by atoms with Crippen molar-refractivity contribution in [2.75, 3.05) is 23.7 Å². The van der Waals surface area contributed by atoms with E-state index in [9.17, 15) is 21.6 Å². The molecule has 17 nitrogen and oxygen atoms in total. The Hall–Kier alpha value is -6.02. The second-order valence-electron chi connectivity index (χ2n) is 11.8. The maximum Gasteiger partial charge on any atom is 0.434 e. The van der Waals surface area contributed by atoms with Gasteiger partial charge in [0, 0.05) is 24.2 Å². The number of hydrogen-bond acceptors (Lipinski definition) is 14. The normalized spacial score (nSPS) is 11.3. The molecule has 0 unspecified atom stereocenters. The number of rotatable bonds is 16. The van der Waals surface area contributed by atoms with Crippen LogP contribution in [-0.4, -0.2) is 50.3 Å². The second kappa shape index (κ2) is 18.3. The van der Waals surface area contributed by atoms with Gasteiger partial charge in [0.05, 0.1) is 11.4 Å². The van der Waals surface area contributed by atoms with Gasteiger partial charge in [0.1, 0.15) is 21.3 Å². The van der Waals surface area contributed by atoms with Gasteiger partial charge in [0.2, 0.25) is 38.2 Å². The number of nitrogens with zero attached hydrogens (tertiary/aromatic N) is 3. The summed E-state index contributed by atoms with van der Waals surface area (Å²) in [7, 11) is -8.23. The fourth-order valence-electron chi connectivity index (χ4n) is 5.01. The van der Waals surface area contributed by atoms with Crippen LogP contribution in [0.5, 0.6) is 23.0 Å². The monoisotopic (exact) mass is 792 g/mol. The maximum atomic E-state index is 12.3. The first kappa shape index (κ1) is 40.2. The summed E-state index contributed by atoms with van der Waals surface area (Å²) < 4.78 is 70.9. The third-order valence-electron chi connectivity index (χ3n) is 7.63. The van der Waals surface area contributed by atoms with E-state index >= 15 is 0 Å². The highest BCUT2D eigenvalue weighted by atomic mass is 32.2. The SMILES string of the molecule is CCCCNc1cc(-c2n[nH]c(=O)o2)cc(S(N)(=O)=O)c1Oc1ccccc1.CCCCNc1cc(-c2nnco2)cc(S(N)(=O)=O)c1Oc1ccccc1. The molecule has 7 N–H and O–H groups in total. The van der Waals surface area contributed by atoms with E-state index in [1.807, 2.05) is 19.1 Å². The molecule has 2 heterocycles. The number of ether oxygens (including phenoxy) is 2. The summed E-state index contributed by atoms with van der Waals surface area (Å²) in [4.78, 5) is 10.9. The lowest BCUT2D eigenvalue weighted by atomic mass is 10.1. The molecule has 290 valence electrons. The molecule has 0 aliphatic carbocycles. The van der Waals surface area contributed by atoms with Crippen LogP contribution in [0.3, 0.4) is 0 Å². The lowest BCUT2D eigenvalue weighted by Gasteiger charge is -2.17. The smallest absolute Gasteiger partial charge is 0.434 e. The Labute approximate surface area is 317 Å². The number of benzene rings is 4. The van der Waals surface area contributed by atoms with Gasteiger partial charge < -0.3 is 28.9 Å². The molecule has 0 atom stereocenters. The lowest BCUT2D eigenvalue weighted by molar-refractivity contribution is 0.468. The van der Waals surface area contributed by atoms with E-state index in [1.165, 1.54) is 18.5 Å². The quantitative estimate of drug-likeness (QED) is 0.0697. The zero-order valence-corrected chi connectivity index (χ0v) is 31.5. The van der Waals surface area contributed by atoms with Crippen LogP contribution in [0, 0.1) is 0 Å². The Balaban J connectivity index is 0.000000211. The molecular formula is C36H40N8O9S2. The van der Waals surface area contributed by atoms with Crippen LogP contribution in [0.25, 0.3) is 22.9 Å². The average molecular weight is 793 g/mol. The number of aromatic amines is 1. The number of aromatic nitrogens is 4. The third-order valence-corrected chi connectivity index (χ3v) is 9.47. The fourth-order valence-corrected chi connectivity index (χ4v) is 6.41. The number of para-hydroxylation sites is 2. The van der Waals surface area contributed by atoms with Gasteiger partial charge in [0.15, 0.2) is 11.5 Å². The first-order valence-electron chi connectivity index (χ1n) is 17.0. The molecule has 4 aromatic carbocycles. The molecule has 0 radical (unpaired) electrons. The molecule has 55 heavy (non-hydrogen) atoms. The molecule has 6 aromatic rings. The van der Waals surface area contributed by atoms with E-state index in [4.69, 9.17) is 28.6 Å². The summed E-state index contributed by atoms with van der Waals surface area (Å²) >= 11 is 0. The van der Waals surface area contributed by atoms with E-state index in [0.717, 1.165) is 25.7 Å². The number of hydrogen-bond donors (Lipinski definition) is 5. The van der Waals surface area contributed by atoms with Crippen molar-refractivity contribution in [1.29, 1.82) is 0 Å². The molecular weight excluding hydrogens is 753 g/mol. The predicted octanol–water partition coefficient (Wildman–Crippen LogP) is 6.07. The zero-order valence-electron chi connectivity index (χ0n) is 29.9. The number of unbranched alkanes of at least 4 members (excludes halogenated alkanes) is 2. The van der Waals surface area contributed by atoms with Crippen LogP contribution in [-0.2, 0) is 20.0 Å². The summed E-state index contributed by atoms with van der Waals surface area (Å²) in [5.41, 5.74) is 1.56. The molecule has 0 amide bonds. The van der Waals surface area contributed by atoms with Gasteiger partial charge in [-0.15, -0.1) is 15.3 Å². The molecule has 19 heteroatoms. The highest BCUT2D eigenvalue weighted by Crippen LogP contribution is 2.40. The highest BCUT2D eigenvalue weighted by molar-refractivity contribution is 7.89. The van der Waals surface area contributed by atoms with Crippen LogP contribution in [0.2, 0.25) is 0 Å². The molecule has 0 bridgehead atoms. The molecule has 0 spiro atoms. The summed E-state index contributed by atoms with van der Waals surface area (Å²) in [5, 5.41) is 30.6. The minimum atomic E-state index is -4.15. The third kappa shape index (κ3) is 11.0. The van der Waals surface area contributed by atoms with Crippen molar-refractivity contribution in [3.8, 4) is 45.9 Å². The lowest BCUT2D eigenvalue weighted by Crippen LogP contribution is -2.15. The Bertz CT molecular complexity index is 2440.